The van der Waals surface area contributed by atoms with Gasteiger partial charge in [0.25, 0.3) is 0 Å². The van der Waals surface area contributed by atoms with Crippen LogP contribution in [0.15, 0.2) is 12.1 Å². The Bertz CT molecular complexity index is 410. The molecule has 19 heavy (non-hydrogen) atoms. The highest BCUT2D eigenvalue weighted by atomic mass is 14.9. The van der Waals surface area contributed by atoms with Gasteiger partial charge in [0.2, 0.25) is 0 Å². The third-order valence-electron chi connectivity index (χ3n) is 4.53. The van der Waals surface area contributed by atoms with Crippen molar-refractivity contribution in [3.63, 3.8) is 0 Å². The van der Waals surface area contributed by atoms with Crippen LogP contribution in [0.25, 0.3) is 0 Å². The van der Waals surface area contributed by atoms with Crippen molar-refractivity contribution < 1.29 is 0 Å². The zero-order valence-corrected chi connectivity index (χ0v) is 13.3. The molecule has 1 aliphatic rings. The lowest BCUT2D eigenvalue weighted by atomic mass is 9.83. The molecular weight excluding hydrogens is 230 g/mol. The Hall–Kier alpha value is -0.820. The highest BCUT2D eigenvalue weighted by Crippen LogP contribution is 2.28. The topological polar surface area (TPSA) is 12.0 Å². The molecule has 1 heteroatoms. The van der Waals surface area contributed by atoms with E-state index in [1.807, 2.05) is 0 Å². The fourth-order valence-corrected chi connectivity index (χ4v) is 3.13. The van der Waals surface area contributed by atoms with Gasteiger partial charge in [0.1, 0.15) is 0 Å². The Kier molecular flexibility index (Phi) is 4.35. The van der Waals surface area contributed by atoms with E-state index in [2.05, 4.69) is 52.1 Å². The number of aryl methyl sites for hydroxylation is 2. The maximum atomic E-state index is 3.47. The van der Waals surface area contributed by atoms with Crippen molar-refractivity contribution >= 4 is 0 Å². The van der Waals surface area contributed by atoms with E-state index in [9.17, 15) is 0 Å². The summed E-state index contributed by atoms with van der Waals surface area (Å²) in [6, 6.07) is 4.80. The lowest BCUT2D eigenvalue weighted by Crippen LogP contribution is -2.13. The number of hydrogen-bond acceptors (Lipinski definition) is 1. The summed E-state index contributed by atoms with van der Waals surface area (Å²) in [6.07, 6.45) is 3.94. The van der Waals surface area contributed by atoms with Gasteiger partial charge in [-0.25, -0.2) is 0 Å². The van der Waals surface area contributed by atoms with E-state index < -0.39 is 0 Å². The van der Waals surface area contributed by atoms with Gasteiger partial charge >= 0.3 is 0 Å². The second kappa shape index (κ2) is 5.66. The molecular formula is C18H29N. The number of nitrogens with one attached hydrogen (secondary N) is 1. The summed E-state index contributed by atoms with van der Waals surface area (Å²) in [5.74, 6) is 0.890. The van der Waals surface area contributed by atoms with Crippen molar-refractivity contribution in [2.45, 2.75) is 59.3 Å². The first-order chi connectivity index (χ1) is 8.88. The van der Waals surface area contributed by atoms with Crippen LogP contribution in [0.2, 0.25) is 0 Å². The molecule has 0 bridgehead atoms. The number of hydrogen-bond donors (Lipinski definition) is 1. The summed E-state index contributed by atoms with van der Waals surface area (Å²) < 4.78 is 0. The minimum atomic E-state index is 0.253. The molecule has 0 saturated carbocycles. The molecule has 1 unspecified atom stereocenters. The van der Waals surface area contributed by atoms with E-state index >= 15 is 0 Å². The predicted octanol–water partition coefficient (Wildman–Crippen LogP) is 4.14. The average Bonchev–Trinajstić information content (AvgIpc) is 2.79. The smallest absolute Gasteiger partial charge is 0.00199 e. The predicted molar refractivity (Wildman–Crippen MR) is 83.9 cm³/mol. The Morgan fingerprint density at radius 1 is 1.16 bits per heavy atom. The second-order valence-corrected chi connectivity index (χ2v) is 7.24. The normalized spacial score (nSPS) is 19.9. The zero-order chi connectivity index (χ0) is 14.0. The van der Waals surface area contributed by atoms with Crippen LogP contribution in [0.3, 0.4) is 0 Å². The molecule has 1 aliphatic heterocycles. The zero-order valence-electron chi connectivity index (χ0n) is 13.3. The van der Waals surface area contributed by atoms with Gasteiger partial charge in [-0.15, -0.1) is 0 Å². The summed E-state index contributed by atoms with van der Waals surface area (Å²) in [7, 11) is 0. The highest BCUT2D eigenvalue weighted by Gasteiger charge is 2.18. The largest absolute Gasteiger partial charge is 0.316 e. The molecule has 1 aromatic carbocycles. The van der Waals surface area contributed by atoms with Crippen molar-refractivity contribution in [2.24, 2.45) is 5.92 Å². The molecule has 1 nitrogen and oxygen atoms in total. The molecule has 0 aromatic heterocycles. The van der Waals surface area contributed by atoms with Crippen LogP contribution in [-0.4, -0.2) is 13.1 Å². The van der Waals surface area contributed by atoms with E-state index in [1.54, 1.807) is 5.56 Å². The molecule has 0 aliphatic carbocycles. The van der Waals surface area contributed by atoms with Crippen molar-refractivity contribution in [1.29, 1.82) is 0 Å². The number of benzene rings is 1. The van der Waals surface area contributed by atoms with Gasteiger partial charge in [0, 0.05) is 0 Å². The third-order valence-corrected chi connectivity index (χ3v) is 4.53. The van der Waals surface area contributed by atoms with Crippen molar-refractivity contribution in [3.8, 4) is 0 Å². The van der Waals surface area contributed by atoms with Crippen LogP contribution in [0.1, 0.15) is 55.9 Å². The van der Waals surface area contributed by atoms with Gasteiger partial charge in [-0.1, -0.05) is 32.9 Å². The fourth-order valence-electron chi connectivity index (χ4n) is 3.13. The highest BCUT2D eigenvalue weighted by molar-refractivity contribution is 5.40. The molecule has 1 heterocycles. The summed E-state index contributed by atoms with van der Waals surface area (Å²) >= 11 is 0. The summed E-state index contributed by atoms with van der Waals surface area (Å²) in [4.78, 5) is 0. The molecule has 1 fully saturated rings. The van der Waals surface area contributed by atoms with Gasteiger partial charge < -0.3 is 5.32 Å². The SMILES string of the molecule is Cc1cc(C(C)(C)C)cc(C)c1CCC1CCNC1. The van der Waals surface area contributed by atoms with E-state index in [1.165, 1.54) is 49.0 Å². The standard InChI is InChI=1S/C18H29N/c1-13-10-16(18(3,4)5)11-14(2)17(13)7-6-15-8-9-19-12-15/h10-11,15,19H,6-9,12H2,1-5H3. The summed E-state index contributed by atoms with van der Waals surface area (Å²) in [6.45, 7) is 13.9. The van der Waals surface area contributed by atoms with Crippen molar-refractivity contribution in [3.05, 3.63) is 34.4 Å². The molecule has 1 saturated heterocycles. The van der Waals surface area contributed by atoms with Crippen molar-refractivity contribution in [1.82, 2.24) is 5.32 Å². The Labute approximate surface area is 118 Å². The van der Waals surface area contributed by atoms with E-state index in [0.717, 1.165) is 5.92 Å². The van der Waals surface area contributed by atoms with E-state index in [4.69, 9.17) is 0 Å². The van der Waals surface area contributed by atoms with Crippen LogP contribution < -0.4 is 5.32 Å². The van der Waals surface area contributed by atoms with Gasteiger partial charge in [0.05, 0.1) is 0 Å². The van der Waals surface area contributed by atoms with Crippen LogP contribution in [0.5, 0.6) is 0 Å². The minimum Gasteiger partial charge on any atom is -0.316 e. The quantitative estimate of drug-likeness (QED) is 0.860. The fraction of sp³-hybridized carbons (Fsp3) is 0.667. The lowest BCUT2D eigenvalue weighted by Gasteiger charge is -2.22. The van der Waals surface area contributed by atoms with Crippen LogP contribution >= 0.6 is 0 Å². The Morgan fingerprint density at radius 3 is 2.26 bits per heavy atom. The molecule has 1 N–H and O–H groups in total. The number of rotatable bonds is 3. The molecule has 0 amide bonds. The molecule has 106 valence electrons. The van der Waals surface area contributed by atoms with Crippen LogP contribution in [-0.2, 0) is 11.8 Å². The van der Waals surface area contributed by atoms with Crippen LogP contribution in [0.4, 0.5) is 0 Å². The third kappa shape index (κ3) is 3.60. The lowest BCUT2D eigenvalue weighted by molar-refractivity contribution is 0.531. The first-order valence-corrected chi connectivity index (χ1v) is 7.69. The van der Waals surface area contributed by atoms with Crippen LogP contribution in [0, 0.1) is 19.8 Å². The second-order valence-electron chi connectivity index (χ2n) is 7.24. The van der Waals surface area contributed by atoms with Gasteiger partial charge in [-0.2, -0.15) is 0 Å². The molecule has 0 spiro atoms. The Morgan fingerprint density at radius 2 is 1.79 bits per heavy atom. The first-order valence-electron chi connectivity index (χ1n) is 7.69. The monoisotopic (exact) mass is 259 g/mol. The van der Waals surface area contributed by atoms with Gasteiger partial charge in [-0.3, -0.25) is 0 Å². The molecule has 1 atom stereocenters. The first kappa shape index (κ1) is 14.6. The molecule has 1 aromatic rings. The van der Waals surface area contributed by atoms with E-state index in [-0.39, 0.29) is 5.41 Å². The molecule has 2 rings (SSSR count). The Balaban J connectivity index is 2.12. The maximum absolute atomic E-state index is 3.47. The van der Waals surface area contributed by atoms with Gasteiger partial charge in [0.15, 0.2) is 0 Å². The maximum Gasteiger partial charge on any atom is -0.00199 e. The van der Waals surface area contributed by atoms with Gasteiger partial charge in [-0.05, 0) is 79.8 Å². The van der Waals surface area contributed by atoms with E-state index in [0.29, 0.717) is 0 Å². The molecule has 0 radical (unpaired) electrons. The minimum absolute atomic E-state index is 0.253. The van der Waals surface area contributed by atoms with Crippen molar-refractivity contribution in [2.75, 3.05) is 13.1 Å². The summed E-state index contributed by atoms with van der Waals surface area (Å²) in [5.41, 5.74) is 6.27. The summed E-state index contributed by atoms with van der Waals surface area (Å²) in [5, 5.41) is 3.47. The average molecular weight is 259 g/mol.